The van der Waals surface area contributed by atoms with Gasteiger partial charge in [0.1, 0.15) is 0 Å². The predicted octanol–water partition coefficient (Wildman–Crippen LogP) is 10.9. The highest BCUT2D eigenvalue weighted by Gasteiger charge is 2.28. The Kier molecular flexibility index (Phi) is 26.5. The first-order valence-corrected chi connectivity index (χ1v) is 18.5. The molecule has 5 unspecified atom stereocenters. The summed E-state index contributed by atoms with van der Waals surface area (Å²) in [6.07, 6.45) is 20.7. The van der Waals surface area contributed by atoms with Gasteiger partial charge >= 0.3 is 0 Å². The van der Waals surface area contributed by atoms with Crippen molar-refractivity contribution in [2.75, 3.05) is 47.3 Å². The molecule has 266 valence electrons. The van der Waals surface area contributed by atoms with E-state index in [1.165, 1.54) is 90.4 Å². The summed E-state index contributed by atoms with van der Waals surface area (Å²) in [6, 6.07) is 1.64. The summed E-state index contributed by atoms with van der Waals surface area (Å²) in [5, 5.41) is 0. The van der Waals surface area contributed by atoms with Gasteiger partial charge in [-0.15, -0.1) is 13.0 Å². The fourth-order valence-electron chi connectivity index (χ4n) is 7.59. The molecule has 2 fully saturated rings. The van der Waals surface area contributed by atoms with Crippen LogP contribution < -0.4 is 0 Å². The van der Waals surface area contributed by atoms with Crippen molar-refractivity contribution < 1.29 is 0 Å². The number of hydrogen-bond donors (Lipinski definition) is 0. The number of terminal acetylenes is 1. The van der Waals surface area contributed by atoms with E-state index in [1.54, 1.807) is 6.08 Å². The van der Waals surface area contributed by atoms with Gasteiger partial charge in [-0.05, 0) is 134 Å². The maximum absolute atomic E-state index is 5.05. The first-order valence-electron chi connectivity index (χ1n) is 18.5. The van der Waals surface area contributed by atoms with Crippen LogP contribution in [0.5, 0.6) is 0 Å². The largest absolute Gasteiger partial charge is 0.306 e. The molecule has 1 saturated carbocycles. The van der Waals surface area contributed by atoms with Crippen molar-refractivity contribution in [3.05, 3.63) is 24.8 Å². The molecule has 0 aromatic heterocycles. The van der Waals surface area contributed by atoms with Crippen molar-refractivity contribution in [1.82, 2.24) is 14.7 Å². The molecule has 0 amide bonds. The first-order chi connectivity index (χ1) is 20.7. The monoisotopic (exact) mass is 630 g/mol. The van der Waals surface area contributed by atoms with Gasteiger partial charge in [-0.1, -0.05) is 94.7 Å². The summed E-state index contributed by atoms with van der Waals surface area (Å²) in [5.74, 6) is 8.08. The third kappa shape index (κ3) is 20.7. The molecular weight excluding hydrogens is 546 g/mol. The standard InChI is InChI=1S/C23H48N2.C10H21N.C8H10.CH4/c1-8-21(17-19(3)4)11-10-14-24(7)23(9-2)22-12-15-25(16-13-22)18-20(5)6;1-8-5-9(2)7-10(6-8)11(3)4;1-5-7(3)8(4)6-2;/h19-23H,8-18H2,1-7H3;8-10H,5-7H2,1-4H3;1,6,8H,2-3H2,4H3;1H4. The second-order valence-corrected chi connectivity index (χ2v) is 15.8. The van der Waals surface area contributed by atoms with Crippen molar-refractivity contribution in [1.29, 1.82) is 0 Å². The van der Waals surface area contributed by atoms with Crippen LogP contribution in [0, 0.1) is 53.8 Å². The Bertz CT molecular complexity index is 759. The van der Waals surface area contributed by atoms with E-state index in [4.69, 9.17) is 6.42 Å². The molecule has 1 heterocycles. The van der Waals surface area contributed by atoms with Gasteiger partial charge in [0.05, 0.1) is 0 Å². The van der Waals surface area contributed by atoms with E-state index >= 15 is 0 Å². The van der Waals surface area contributed by atoms with E-state index in [1.807, 2.05) is 6.92 Å². The fraction of sp³-hybridized carbons (Fsp3) is 0.857. The Hall–Kier alpha value is -1.08. The second kappa shape index (κ2) is 25.9. The van der Waals surface area contributed by atoms with Gasteiger partial charge in [-0.25, -0.2) is 0 Å². The van der Waals surface area contributed by atoms with Crippen LogP contribution in [-0.4, -0.2) is 74.1 Å². The summed E-state index contributed by atoms with van der Waals surface area (Å²) in [5.41, 5.74) is 0.792. The molecule has 0 aromatic rings. The maximum atomic E-state index is 5.05. The van der Waals surface area contributed by atoms with Gasteiger partial charge in [0, 0.05) is 30.1 Å². The quantitative estimate of drug-likeness (QED) is 0.132. The van der Waals surface area contributed by atoms with Crippen molar-refractivity contribution in [3.8, 4) is 12.3 Å². The molecule has 45 heavy (non-hydrogen) atoms. The Labute approximate surface area is 286 Å². The highest BCUT2D eigenvalue weighted by atomic mass is 15.2. The zero-order valence-electron chi connectivity index (χ0n) is 32.0. The minimum atomic E-state index is 0. The van der Waals surface area contributed by atoms with Gasteiger partial charge in [0.25, 0.3) is 0 Å². The van der Waals surface area contributed by atoms with Crippen LogP contribution in [0.3, 0.4) is 0 Å². The van der Waals surface area contributed by atoms with Crippen LogP contribution in [-0.2, 0) is 0 Å². The van der Waals surface area contributed by atoms with E-state index in [2.05, 4.69) is 110 Å². The zero-order valence-corrected chi connectivity index (χ0v) is 32.0. The molecule has 3 nitrogen and oxygen atoms in total. The number of rotatable bonds is 15. The highest BCUT2D eigenvalue weighted by molar-refractivity contribution is 5.26. The minimum absolute atomic E-state index is 0. The highest BCUT2D eigenvalue weighted by Crippen LogP contribution is 2.30. The molecule has 1 saturated heterocycles. The molecule has 5 atom stereocenters. The molecule has 1 aliphatic heterocycles. The van der Waals surface area contributed by atoms with E-state index in [0.29, 0.717) is 0 Å². The molecule has 0 aromatic carbocycles. The number of piperidine rings is 1. The van der Waals surface area contributed by atoms with Crippen molar-refractivity contribution >= 4 is 0 Å². The van der Waals surface area contributed by atoms with Crippen LogP contribution in [0.1, 0.15) is 134 Å². The molecule has 2 aliphatic rings. The summed E-state index contributed by atoms with van der Waals surface area (Å²) >= 11 is 0. The van der Waals surface area contributed by atoms with E-state index in [9.17, 15) is 0 Å². The van der Waals surface area contributed by atoms with Crippen molar-refractivity contribution in [2.45, 2.75) is 146 Å². The Morgan fingerprint density at radius 1 is 0.933 bits per heavy atom. The molecular formula is C42H83N3. The maximum Gasteiger partial charge on any atom is 0.0119 e. The molecule has 1 aliphatic carbocycles. The van der Waals surface area contributed by atoms with Crippen LogP contribution in [0.25, 0.3) is 0 Å². The van der Waals surface area contributed by atoms with Gasteiger partial charge in [0.2, 0.25) is 0 Å². The van der Waals surface area contributed by atoms with Crippen molar-refractivity contribution in [3.63, 3.8) is 0 Å². The SMILES string of the molecule is C.C#CC(=C)C(C)C=C.CC1CC(C)CC(N(C)C)C1.CCC(CCCN(C)C(CC)C1CCN(CC(C)C)CC1)CC(C)C. The van der Waals surface area contributed by atoms with E-state index in [-0.39, 0.29) is 13.3 Å². The third-order valence-electron chi connectivity index (χ3n) is 10.3. The van der Waals surface area contributed by atoms with Gasteiger partial charge in [-0.3, -0.25) is 0 Å². The molecule has 0 spiro atoms. The van der Waals surface area contributed by atoms with Crippen LogP contribution in [0.15, 0.2) is 24.8 Å². The number of nitrogens with zero attached hydrogens (tertiary/aromatic N) is 3. The lowest BCUT2D eigenvalue weighted by molar-refractivity contribution is 0.0929. The summed E-state index contributed by atoms with van der Waals surface area (Å²) < 4.78 is 0. The zero-order chi connectivity index (χ0) is 33.8. The molecule has 2 rings (SSSR count). The molecule has 3 heteroatoms. The van der Waals surface area contributed by atoms with Gasteiger partial charge in [-0.2, -0.15) is 0 Å². The van der Waals surface area contributed by atoms with Crippen LogP contribution in [0.2, 0.25) is 0 Å². The number of allylic oxidation sites excluding steroid dienone is 2. The lowest BCUT2D eigenvalue weighted by Gasteiger charge is -2.40. The van der Waals surface area contributed by atoms with Crippen LogP contribution >= 0.6 is 0 Å². The third-order valence-corrected chi connectivity index (χ3v) is 10.3. The van der Waals surface area contributed by atoms with Crippen molar-refractivity contribution in [2.24, 2.45) is 41.4 Å². The number of hydrogen-bond acceptors (Lipinski definition) is 3. The summed E-state index contributed by atoms with van der Waals surface area (Å²) in [6.45, 7) is 33.4. The molecule has 0 N–H and O–H groups in total. The molecule has 0 bridgehead atoms. The first kappa shape index (κ1) is 46.0. The normalized spacial score (nSPS) is 22.8. The fourth-order valence-corrected chi connectivity index (χ4v) is 7.59. The Morgan fingerprint density at radius 2 is 1.49 bits per heavy atom. The van der Waals surface area contributed by atoms with Gasteiger partial charge < -0.3 is 14.7 Å². The number of likely N-dealkylation sites (tertiary alicyclic amines) is 1. The predicted molar refractivity (Wildman–Crippen MR) is 207 cm³/mol. The Morgan fingerprint density at radius 3 is 1.87 bits per heavy atom. The molecule has 0 radical (unpaired) electrons. The summed E-state index contributed by atoms with van der Waals surface area (Å²) in [7, 11) is 6.79. The lowest BCUT2D eigenvalue weighted by atomic mass is 9.80. The average molecular weight is 630 g/mol. The Balaban J connectivity index is 0. The minimum Gasteiger partial charge on any atom is -0.306 e. The van der Waals surface area contributed by atoms with Crippen LogP contribution in [0.4, 0.5) is 0 Å². The lowest BCUT2D eigenvalue weighted by Crippen LogP contribution is -2.45. The topological polar surface area (TPSA) is 9.72 Å². The summed E-state index contributed by atoms with van der Waals surface area (Å²) in [4.78, 5) is 7.77. The van der Waals surface area contributed by atoms with E-state index < -0.39 is 0 Å². The smallest absolute Gasteiger partial charge is 0.0119 e. The second-order valence-electron chi connectivity index (χ2n) is 15.8. The van der Waals surface area contributed by atoms with Gasteiger partial charge in [0.15, 0.2) is 0 Å². The average Bonchev–Trinajstić information content (AvgIpc) is 2.96. The van der Waals surface area contributed by atoms with E-state index in [0.717, 1.165) is 53.2 Å².